The Morgan fingerprint density at radius 2 is 1.78 bits per heavy atom. The summed E-state index contributed by atoms with van der Waals surface area (Å²) in [5, 5.41) is 0.263. The molecule has 0 aromatic heterocycles. The molecule has 174 valence electrons. The topological polar surface area (TPSA) is 86.7 Å². The van der Waals surface area contributed by atoms with E-state index in [2.05, 4.69) is 0 Å². The van der Waals surface area contributed by atoms with Gasteiger partial charge in [0.2, 0.25) is 0 Å². The van der Waals surface area contributed by atoms with Gasteiger partial charge in [0.25, 0.3) is 0 Å². The number of hydrogen-bond donors (Lipinski definition) is 0. The van der Waals surface area contributed by atoms with Crippen molar-refractivity contribution in [2.75, 3.05) is 25.2 Å². The van der Waals surface area contributed by atoms with Crippen LogP contribution >= 0.6 is 11.6 Å². The van der Waals surface area contributed by atoms with Gasteiger partial charge in [-0.1, -0.05) is 11.6 Å². The van der Waals surface area contributed by atoms with Gasteiger partial charge in [0, 0.05) is 26.5 Å². The maximum Gasteiger partial charge on any atom is 0.189 e. The molecule has 0 bridgehead atoms. The Balaban J connectivity index is 1.99. The van der Waals surface area contributed by atoms with Gasteiger partial charge in [-0.2, -0.15) is 0 Å². The Kier molecular flexibility index (Phi) is 5.36. The van der Waals surface area contributed by atoms with E-state index in [1.807, 2.05) is 0 Å². The lowest BCUT2D eigenvalue weighted by Crippen LogP contribution is -2.57. The molecule has 0 N–H and O–H groups in total. The van der Waals surface area contributed by atoms with E-state index in [0.29, 0.717) is 0 Å². The molecule has 2 unspecified atom stereocenters. The van der Waals surface area contributed by atoms with Crippen LogP contribution in [0.3, 0.4) is 0 Å². The highest BCUT2D eigenvalue weighted by molar-refractivity contribution is 7.92. The molecule has 6 nitrogen and oxygen atoms in total. The molecular formula is C21H21ClF2O6S2. The van der Waals surface area contributed by atoms with Crippen molar-refractivity contribution in [1.29, 1.82) is 0 Å². The second-order valence-corrected chi connectivity index (χ2v) is 12.3. The van der Waals surface area contributed by atoms with Gasteiger partial charge in [-0.3, -0.25) is 0 Å². The van der Waals surface area contributed by atoms with Crippen molar-refractivity contribution in [1.82, 2.24) is 0 Å². The van der Waals surface area contributed by atoms with Crippen molar-refractivity contribution in [3.05, 3.63) is 58.6 Å². The molecule has 5 atom stereocenters. The summed E-state index contributed by atoms with van der Waals surface area (Å²) in [6, 6.07) is 6.78. The molecule has 4 rings (SSSR count). The number of fused-ring (bicyclic) bond motifs is 3. The molecule has 32 heavy (non-hydrogen) atoms. The fraction of sp³-hybridized carbons (Fsp3) is 0.429. The van der Waals surface area contributed by atoms with Crippen molar-refractivity contribution >= 4 is 31.3 Å². The normalized spacial score (nSPS) is 28.4. The Bertz CT molecular complexity index is 1320. The smallest absolute Gasteiger partial charge is 0.189 e. The van der Waals surface area contributed by atoms with Crippen LogP contribution in [-0.2, 0) is 29.2 Å². The highest BCUT2D eigenvalue weighted by Crippen LogP contribution is 2.55. The van der Waals surface area contributed by atoms with Crippen LogP contribution in [0.4, 0.5) is 8.78 Å². The molecule has 1 saturated heterocycles. The van der Waals surface area contributed by atoms with E-state index in [9.17, 15) is 21.2 Å². The van der Waals surface area contributed by atoms with Crippen molar-refractivity contribution in [2.45, 2.75) is 28.6 Å². The Morgan fingerprint density at radius 1 is 1.12 bits per heavy atom. The first kappa shape index (κ1) is 20.8. The zero-order chi connectivity index (χ0) is 25.1. The van der Waals surface area contributed by atoms with Gasteiger partial charge in [-0.25, -0.2) is 25.6 Å². The highest BCUT2D eigenvalue weighted by Gasteiger charge is 2.61. The monoisotopic (exact) mass is 508 g/mol. The van der Waals surface area contributed by atoms with Crippen LogP contribution in [0.15, 0.2) is 41.3 Å². The van der Waals surface area contributed by atoms with Crippen LogP contribution < -0.4 is 4.74 Å². The first-order valence-corrected chi connectivity index (χ1v) is 13.4. The predicted octanol–water partition coefficient (Wildman–Crippen LogP) is 3.52. The molecule has 2 aromatic rings. The van der Waals surface area contributed by atoms with Crippen LogP contribution in [0, 0.1) is 17.6 Å². The van der Waals surface area contributed by atoms with Gasteiger partial charge < -0.3 is 9.47 Å². The summed E-state index contributed by atoms with van der Waals surface area (Å²) >= 11 is 5.91. The third-order valence-electron chi connectivity index (χ3n) is 5.79. The Labute approximate surface area is 193 Å². The van der Waals surface area contributed by atoms with Crippen LogP contribution in [0.25, 0.3) is 0 Å². The maximum atomic E-state index is 15.3. The zero-order valence-corrected chi connectivity index (χ0v) is 19.2. The van der Waals surface area contributed by atoms with Crippen molar-refractivity contribution in [3.8, 4) is 5.75 Å². The molecule has 2 heterocycles. The lowest BCUT2D eigenvalue weighted by Gasteiger charge is -2.50. The number of hydrogen-bond acceptors (Lipinski definition) is 6. The Hall–Kier alpha value is -1.75. The fourth-order valence-electron chi connectivity index (χ4n) is 4.40. The molecule has 1 fully saturated rings. The van der Waals surface area contributed by atoms with Gasteiger partial charge in [0.05, 0.1) is 28.9 Å². The molecule has 0 saturated carbocycles. The van der Waals surface area contributed by atoms with E-state index >= 15 is 4.39 Å². The van der Waals surface area contributed by atoms with Crippen LogP contribution in [0.2, 0.25) is 5.02 Å². The van der Waals surface area contributed by atoms with Crippen molar-refractivity contribution in [2.24, 2.45) is 5.92 Å². The predicted molar refractivity (Wildman–Crippen MR) is 114 cm³/mol. The zero-order valence-electron chi connectivity index (χ0n) is 18.8. The van der Waals surface area contributed by atoms with Gasteiger partial charge in [0.1, 0.15) is 20.4 Å². The largest absolute Gasteiger partial charge is 0.490 e. The average molecular weight is 509 g/mol. The van der Waals surface area contributed by atoms with E-state index in [1.54, 1.807) is 0 Å². The SMILES string of the molecule is [2H]C(C([2H])S(C)(=O)=O)[C@@H]1OCC[C@@]2(S(=O)(=O)c3ccc(Cl)cc3)c3c(F)ccc(F)c3OC[C@@H]12. The minimum Gasteiger partial charge on any atom is -0.490 e. The molecule has 0 radical (unpaired) electrons. The molecule has 0 amide bonds. The van der Waals surface area contributed by atoms with Gasteiger partial charge >= 0.3 is 0 Å². The average Bonchev–Trinajstić information content (AvgIpc) is 2.79. The summed E-state index contributed by atoms with van der Waals surface area (Å²) in [5.41, 5.74) is -2.48. The fourth-order valence-corrected chi connectivity index (χ4v) is 7.29. The standard InChI is InChI=1S/C21H21ClF2O6S2/c1-31(25,26)11-8-18-15-12-30-20-17(24)7-6-16(23)19(20)21(15,9-10-29-18)32(27,28)14-4-2-13(22)3-5-14/h2-7,15,18H,8-12H2,1H3/t15-,18-,21-/m0/s1/i8D,11D/t8?,11?,15-,18-,21-. The molecule has 0 aliphatic carbocycles. The Morgan fingerprint density at radius 3 is 2.44 bits per heavy atom. The molecule has 0 spiro atoms. The van der Waals surface area contributed by atoms with Crippen molar-refractivity contribution in [3.63, 3.8) is 0 Å². The van der Waals surface area contributed by atoms with E-state index < -0.39 is 78.1 Å². The van der Waals surface area contributed by atoms with Gasteiger partial charge in [-0.05, 0) is 49.2 Å². The number of halogens is 3. The minimum atomic E-state index is -4.50. The molecule has 2 aliphatic rings. The van der Waals surface area contributed by atoms with Gasteiger partial charge in [0.15, 0.2) is 21.4 Å². The third kappa shape index (κ3) is 3.81. The van der Waals surface area contributed by atoms with E-state index in [-0.39, 0.29) is 22.9 Å². The number of ether oxygens (including phenoxy) is 2. The summed E-state index contributed by atoms with van der Waals surface area (Å²) in [6.45, 7) is -0.786. The lowest BCUT2D eigenvalue weighted by atomic mass is 9.75. The first-order chi connectivity index (χ1) is 15.8. The third-order valence-corrected chi connectivity index (χ3v) is 9.25. The molecular weight excluding hydrogens is 486 g/mol. The number of benzene rings is 2. The minimum absolute atomic E-state index is 0.217. The summed E-state index contributed by atoms with van der Waals surface area (Å²) < 4.78 is 108. The lowest BCUT2D eigenvalue weighted by molar-refractivity contribution is -0.0732. The molecule has 2 aromatic carbocycles. The maximum absolute atomic E-state index is 15.3. The van der Waals surface area contributed by atoms with E-state index in [4.69, 9.17) is 23.8 Å². The van der Waals surface area contributed by atoms with E-state index in [1.165, 1.54) is 24.3 Å². The summed E-state index contributed by atoms with van der Waals surface area (Å²) in [5.74, 6) is -3.84. The summed E-state index contributed by atoms with van der Waals surface area (Å²) in [7, 11) is -8.52. The summed E-state index contributed by atoms with van der Waals surface area (Å²) in [6.07, 6.45) is -2.68. The first-order valence-electron chi connectivity index (χ1n) is 10.7. The highest BCUT2D eigenvalue weighted by atomic mass is 35.5. The molecule has 2 aliphatic heterocycles. The van der Waals surface area contributed by atoms with Crippen LogP contribution in [0.5, 0.6) is 5.75 Å². The quantitative estimate of drug-likeness (QED) is 0.614. The van der Waals surface area contributed by atoms with Crippen LogP contribution in [-0.4, -0.2) is 48.1 Å². The molecule has 11 heteroatoms. The van der Waals surface area contributed by atoms with E-state index in [0.717, 1.165) is 18.4 Å². The summed E-state index contributed by atoms with van der Waals surface area (Å²) in [4.78, 5) is -0.217. The number of rotatable bonds is 5. The second kappa shape index (κ2) is 8.23. The number of sulfone groups is 2. The van der Waals surface area contributed by atoms with Crippen molar-refractivity contribution < 1.29 is 37.8 Å². The second-order valence-electron chi connectivity index (χ2n) is 7.74. The van der Waals surface area contributed by atoms with Gasteiger partial charge in [-0.15, -0.1) is 0 Å². The van der Waals surface area contributed by atoms with Crippen LogP contribution in [0.1, 0.15) is 21.1 Å².